The van der Waals surface area contributed by atoms with E-state index in [0.717, 1.165) is 44.4 Å². The van der Waals surface area contributed by atoms with E-state index >= 15 is 0 Å². The molecule has 10 aromatic rings. The Bertz CT molecular complexity index is 2770. The minimum atomic E-state index is 0.587. The van der Waals surface area contributed by atoms with E-state index in [1.165, 1.54) is 36.5 Å². The SMILES string of the molecule is c1ccc(-c2nc(-c3ccccc3-n3c4ccccc4c4c5sc6ccccc6c5ccc43)c3c(n2)oc2ccccc23)cc1. The number of nitrogens with zero attached hydrogens (tertiary/aromatic N) is 3. The van der Waals surface area contributed by atoms with Gasteiger partial charge in [-0.3, -0.25) is 0 Å². The van der Waals surface area contributed by atoms with Crippen LogP contribution in [0.4, 0.5) is 0 Å². The molecule has 0 unspecified atom stereocenters. The van der Waals surface area contributed by atoms with E-state index in [0.29, 0.717) is 11.5 Å². The summed E-state index contributed by atoms with van der Waals surface area (Å²) in [5, 5.41) is 7.06. The number of para-hydroxylation sites is 3. The van der Waals surface area contributed by atoms with E-state index in [9.17, 15) is 0 Å². The molecule has 0 aliphatic rings. The topological polar surface area (TPSA) is 43.9 Å². The molecular formula is C40H23N3OS. The van der Waals surface area contributed by atoms with Gasteiger partial charge in [0.05, 0.1) is 27.8 Å². The van der Waals surface area contributed by atoms with Crippen molar-refractivity contribution in [3.63, 3.8) is 0 Å². The van der Waals surface area contributed by atoms with Crippen LogP contribution >= 0.6 is 11.3 Å². The minimum absolute atomic E-state index is 0.587. The van der Waals surface area contributed by atoms with Crippen molar-refractivity contribution < 1.29 is 4.42 Å². The molecule has 0 aliphatic heterocycles. The van der Waals surface area contributed by atoms with Crippen LogP contribution in [0, 0.1) is 0 Å². The molecule has 0 spiro atoms. The van der Waals surface area contributed by atoms with E-state index in [1.807, 2.05) is 59.9 Å². The van der Waals surface area contributed by atoms with Crippen LogP contribution in [0.2, 0.25) is 0 Å². The molecular weight excluding hydrogens is 571 g/mol. The van der Waals surface area contributed by atoms with Crippen molar-refractivity contribution in [3.05, 3.63) is 140 Å². The van der Waals surface area contributed by atoms with Crippen molar-refractivity contribution in [1.29, 1.82) is 0 Å². The summed E-state index contributed by atoms with van der Waals surface area (Å²) >= 11 is 1.87. The summed E-state index contributed by atoms with van der Waals surface area (Å²) in [6.45, 7) is 0. The third-order valence-corrected chi connectivity index (χ3v) is 10.1. The molecule has 0 saturated heterocycles. The molecule has 0 atom stereocenters. The molecule has 4 nitrogen and oxygen atoms in total. The van der Waals surface area contributed by atoms with Crippen LogP contribution in [0.5, 0.6) is 0 Å². The number of aromatic nitrogens is 3. The maximum absolute atomic E-state index is 6.37. The first kappa shape index (κ1) is 24.6. The second-order valence-electron chi connectivity index (χ2n) is 11.3. The van der Waals surface area contributed by atoms with Crippen LogP contribution in [0.15, 0.2) is 144 Å². The van der Waals surface area contributed by atoms with E-state index in [-0.39, 0.29) is 0 Å². The lowest BCUT2D eigenvalue weighted by molar-refractivity contribution is 0.653. The van der Waals surface area contributed by atoms with Gasteiger partial charge in [0, 0.05) is 47.5 Å². The minimum Gasteiger partial charge on any atom is -0.438 e. The number of benzene rings is 6. The summed E-state index contributed by atoms with van der Waals surface area (Å²) in [7, 11) is 0. The molecule has 0 saturated carbocycles. The largest absolute Gasteiger partial charge is 0.438 e. The molecule has 0 amide bonds. The Kier molecular flexibility index (Phi) is 5.12. The maximum atomic E-state index is 6.37. The average molecular weight is 594 g/mol. The van der Waals surface area contributed by atoms with Crippen LogP contribution in [0.3, 0.4) is 0 Å². The molecule has 0 radical (unpaired) electrons. The Morgan fingerprint density at radius 2 is 1.27 bits per heavy atom. The molecule has 0 aliphatic carbocycles. The number of hydrogen-bond donors (Lipinski definition) is 0. The van der Waals surface area contributed by atoms with E-state index in [1.54, 1.807) is 0 Å². The van der Waals surface area contributed by atoms with Gasteiger partial charge in [-0.1, -0.05) is 109 Å². The number of hydrogen-bond acceptors (Lipinski definition) is 4. The van der Waals surface area contributed by atoms with Crippen molar-refractivity contribution in [2.75, 3.05) is 0 Å². The fourth-order valence-electron chi connectivity index (χ4n) is 6.90. The van der Waals surface area contributed by atoms with Gasteiger partial charge < -0.3 is 8.98 Å². The lowest BCUT2D eigenvalue weighted by Crippen LogP contribution is -2.00. The monoisotopic (exact) mass is 593 g/mol. The normalized spacial score (nSPS) is 12.0. The Labute approximate surface area is 261 Å². The third-order valence-electron chi connectivity index (χ3n) is 8.85. The Morgan fingerprint density at radius 3 is 2.18 bits per heavy atom. The molecule has 10 rings (SSSR count). The highest BCUT2D eigenvalue weighted by Crippen LogP contribution is 2.45. The third kappa shape index (κ3) is 3.53. The van der Waals surface area contributed by atoms with Crippen molar-refractivity contribution >= 4 is 75.4 Å². The standard InChI is InChI=1S/C40H23N3OS/c1-2-12-24(13-3-1)39-41-37(36-29-17-6-10-20-33(29)44-40(36)42-39)28-16-5-9-19-31(28)43-30-18-8-4-15-27(30)35-32(43)23-22-26-25-14-7-11-21-34(25)45-38(26)35/h1-23H. The smallest absolute Gasteiger partial charge is 0.231 e. The lowest BCUT2D eigenvalue weighted by atomic mass is 10.0. The number of fused-ring (bicyclic) bond motifs is 10. The first-order valence-corrected chi connectivity index (χ1v) is 15.8. The fourth-order valence-corrected chi connectivity index (χ4v) is 8.16. The van der Waals surface area contributed by atoms with Gasteiger partial charge in [0.2, 0.25) is 5.71 Å². The van der Waals surface area contributed by atoms with E-state index < -0.39 is 0 Å². The van der Waals surface area contributed by atoms with Crippen molar-refractivity contribution in [1.82, 2.24) is 14.5 Å². The van der Waals surface area contributed by atoms with Gasteiger partial charge in [0.15, 0.2) is 5.82 Å². The highest BCUT2D eigenvalue weighted by molar-refractivity contribution is 7.26. The van der Waals surface area contributed by atoms with Crippen LogP contribution in [-0.2, 0) is 0 Å². The van der Waals surface area contributed by atoms with Gasteiger partial charge in [0.25, 0.3) is 0 Å². The van der Waals surface area contributed by atoms with Crippen molar-refractivity contribution in [2.45, 2.75) is 0 Å². The quantitative estimate of drug-likeness (QED) is 0.205. The Morgan fingerprint density at radius 1 is 0.533 bits per heavy atom. The Balaban J connectivity index is 1.33. The van der Waals surface area contributed by atoms with Gasteiger partial charge in [-0.25, -0.2) is 4.98 Å². The van der Waals surface area contributed by atoms with Crippen LogP contribution in [-0.4, -0.2) is 14.5 Å². The molecule has 4 heterocycles. The highest BCUT2D eigenvalue weighted by atomic mass is 32.1. The first-order valence-electron chi connectivity index (χ1n) is 15.0. The molecule has 0 fully saturated rings. The zero-order valence-electron chi connectivity index (χ0n) is 23.9. The maximum Gasteiger partial charge on any atom is 0.231 e. The summed E-state index contributed by atoms with van der Waals surface area (Å²) in [6.07, 6.45) is 0. The lowest BCUT2D eigenvalue weighted by Gasteiger charge is -2.15. The molecule has 0 bridgehead atoms. The Hall–Kier alpha value is -5.78. The average Bonchev–Trinajstić information content (AvgIpc) is 3.77. The van der Waals surface area contributed by atoms with Crippen molar-refractivity contribution in [2.24, 2.45) is 0 Å². The molecule has 210 valence electrons. The van der Waals surface area contributed by atoms with E-state index in [2.05, 4.69) is 95.6 Å². The fraction of sp³-hybridized carbons (Fsp3) is 0. The summed E-state index contributed by atoms with van der Waals surface area (Å²) in [6, 6.07) is 48.9. The van der Waals surface area contributed by atoms with Crippen LogP contribution < -0.4 is 0 Å². The van der Waals surface area contributed by atoms with Gasteiger partial charge in [-0.15, -0.1) is 11.3 Å². The summed E-state index contributed by atoms with van der Waals surface area (Å²) in [4.78, 5) is 10.2. The second-order valence-corrected chi connectivity index (χ2v) is 12.4. The molecule has 0 N–H and O–H groups in total. The molecule has 5 heteroatoms. The van der Waals surface area contributed by atoms with Gasteiger partial charge in [-0.05, 0) is 30.3 Å². The zero-order chi connectivity index (χ0) is 29.5. The van der Waals surface area contributed by atoms with Gasteiger partial charge in [-0.2, -0.15) is 4.98 Å². The molecule has 45 heavy (non-hydrogen) atoms. The predicted molar refractivity (Wildman–Crippen MR) is 187 cm³/mol. The van der Waals surface area contributed by atoms with Crippen LogP contribution in [0.1, 0.15) is 0 Å². The van der Waals surface area contributed by atoms with Crippen molar-refractivity contribution in [3.8, 4) is 28.3 Å². The number of rotatable bonds is 3. The first-order chi connectivity index (χ1) is 22.3. The summed E-state index contributed by atoms with van der Waals surface area (Å²) in [5.41, 5.74) is 7.61. The highest BCUT2D eigenvalue weighted by Gasteiger charge is 2.23. The molecule has 6 aromatic carbocycles. The van der Waals surface area contributed by atoms with Gasteiger partial charge in [0.1, 0.15) is 5.58 Å². The predicted octanol–water partition coefficient (Wildman–Crippen LogP) is 11.2. The van der Waals surface area contributed by atoms with Gasteiger partial charge >= 0.3 is 0 Å². The zero-order valence-corrected chi connectivity index (χ0v) is 24.8. The van der Waals surface area contributed by atoms with E-state index in [4.69, 9.17) is 14.4 Å². The molecule has 4 aromatic heterocycles. The number of thiophene rings is 1. The van der Waals surface area contributed by atoms with Crippen LogP contribution in [0.25, 0.3) is 92.4 Å². The second kappa shape index (κ2) is 9.36. The summed E-state index contributed by atoms with van der Waals surface area (Å²) in [5.74, 6) is 0.640. The number of furan rings is 1. The summed E-state index contributed by atoms with van der Waals surface area (Å²) < 4.78 is 11.4.